The van der Waals surface area contributed by atoms with Crippen LogP contribution >= 0.6 is 11.8 Å². The van der Waals surface area contributed by atoms with Crippen molar-refractivity contribution in [2.45, 2.75) is 24.3 Å². The van der Waals surface area contributed by atoms with Crippen LogP contribution in [0.3, 0.4) is 0 Å². The van der Waals surface area contributed by atoms with Crippen molar-refractivity contribution < 1.29 is 23.1 Å². The minimum absolute atomic E-state index is 0.00623. The van der Waals surface area contributed by atoms with E-state index in [4.69, 9.17) is 10.8 Å². The first-order chi connectivity index (χ1) is 10.7. The Morgan fingerprint density at radius 2 is 2.22 bits per heavy atom. The van der Waals surface area contributed by atoms with Gasteiger partial charge < -0.3 is 10.8 Å². The summed E-state index contributed by atoms with van der Waals surface area (Å²) >= 11 is 1.04. The number of halogens is 3. The summed E-state index contributed by atoms with van der Waals surface area (Å²) in [6, 6.07) is 3.77. The number of benzene rings is 1. The lowest BCUT2D eigenvalue weighted by atomic mass is 9.81. The van der Waals surface area contributed by atoms with Crippen LogP contribution in [0.25, 0.3) is 0 Å². The van der Waals surface area contributed by atoms with Crippen LogP contribution in [0.4, 0.5) is 23.7 Å². The summed E-state index contributed by atoms with van der Waals surface area (Å²) < 4.78 is 42.4. The van der Waals surface area contributed by atoms with E-state index < -0.39 is 42.1 Å². The topological polar surface area (TPSA) is 87.7 Å². The van der Waals surface area contributed by atoms with Gasteiger partial charge in [-0.05, 0) is 18.2 Å². The first-order valence-corrected chi connectivity index (χ1v) is 7.86. The van der Waals surface area contributed by atoms with E-state index in [1.165, 1.54) is 12.1 Å². The Labute approximate surface area is 134 Å². The number of thioether (sulfide) groups is 1. The van der Waals surface area contributed by atoms with Crippen molar-refractivity contribution in [3.05, 3.63) is 29.6 Å². The number of hydrogen-bond acceptors (Lipinski definition) is 4. The van der Waals surface area contributed by atoms with Gasteiger partial charge in [-0.25, -0.2) is 23.0 Å². The van der Waals surface area contributed by atoms with Crippen LogP contribution < -0.4 is 11.1 Å². The molecule has 1 saturated carbocycles. The van der Waals surface area contributed by atoms with E-state index in [0.29, 0.717) is 0 Å². The fourth-order valence-electron chi connectivity index (χ4n) is 3.27. The minimum atomic E-state index is -3.00. The number of aliphatic imine (C=N–C) groups is 1. The van der Waals surface area contributed by atoms with E-state index in [0.717, 1.165) is 17.8 Å². The number of fused-ring (bicyclic) bond motifs is 1. The van der Waals surface area contributed by atoms with E-state index in [1.807, 2.05) is 0 Å². The predicted molar refractivity (Wildman–Crippen MR) is 81.2 cm³/mol. The molecule has 5 nitrogen and oxygen atoms in total. The number of carboxylic acid groups (broad SMARTS) is 1. The Hall–Kier alpha value is -1.90. The Bertz CT molecular complexity index is 698. The third kappa shape index (κ3) is 2.85. The highest BCUT2D eigenvalue weighted by atomic mass is 32.2. The first kappa shape index (κ1) is 16.0. The van der Waals surface area contributed by atoms with Crippen LogP contribution in [0, 0.1) is 11.7 Å². The van der Waals surface area contributed by atoms with Crippen molar-refractivity contribution >= 4 is 28.7 Å². The van der Waals surface area contributed by atoms with Crippen LogP contribution in [-0.4, -0.2) is 28.0 Å². The zero-order valence-corrected chi connectivity index (χ0v) is 12.7. The van der Waals surface area contributed by atoms with Crippen molar-refractivity contribution in [3.8, 4) is 0 Å². The van der Waals surface area contributed by atoms with E-state index in [2.05, 4.69) is 10.3 Å². The molecule has 124 valence electrons. The number of nitrogen functional groups attached to an aromatic ring is 1. The molecule has 2 atom stereocenters. The normalized spacial score (nSPS) is 28.8. The first-order valence-electron chi connectivity index (χ1n) is 6.88. The summed E-state index contributed by atoms with van der Waals surface area (Å²) in [4.78, 5) is 15.0. The molecule has 0 spiro atoms. The van der Waals surface area contributed by atoms with Gasteiger partial charge in [0.2, 0.25) is 0 Å². The molecule has 0 radical (unpaired) electrons. The number of nitrogens with zero attached hydrogens (tertiary/aromatic N) is 1. The van der Waals surface area contributed by atoms with Gasteiger partial charge >= 0.3 is 6.09 Å². The molecular weight excluding hydrogens is 331 g/mol. The average molecular weight is 345 g/mol. The Kier molecular flexibility index (Phi) is 3.70. The van der Waals surface area contributed by atoms with Crippen LogP contribution in [-0.2, 0) is 5.54 Å². The lowest BCUT2D eigenvalue weighted by Gasteiger charge is -2.36. The number of amidine groups is 1. The SMILES string of the molecule is Nc1ccc(F)c([C@]23CC(F)(F)C[C@H]2CSC(NC(=O)O)=N3)c1. The molecule has 3 rings (SSSR count). The van der Waals surface area contributed by atoms with Gasteiger partial charge in [0.1, 0.15) is 11.4 Å². The summed E-state index contributed by atoms with van der Waals surface area (Å²) in [7, 11) is 0. The average Bonchev–Trinajstić information content (AvgIpc) is 2.71. The zero-order chi connectivity index (χ0) is 16.8. The Morgan fingerprint density at radius 1 is 1.48 bits per heavy atom. The fraction of sp³-hybridized carbons (Fsp3) is 0.429. The number of amides is 1. The van der Waals surface area contributed by atoms with Crippen molar-refractivity contribution in [3.63, 3.8) is 0 Å². The Morgan fingerprint density at radius 3 is 2.91 bits per heavy atom. The van der Waals surface area contributed by atoms with Crippen molar-refractivity contribution in [2.75, 3.05) is 11.5 Å². The van der Waals surface area contributed by atoms with Crippen LogP contribution in [0.1, 0.15) is 18.4 Å². The quantitative estimate of drug-likeness (QED) is 0.683. The maximum Gasteiger partial charge on any atom is 0.410 e. The lowest BCUT2D eigenvalue weighted by molar-refractivity contribution is 0.00149. The molecule has 1 aliphatic carbocycles. The van der Waals surface area contributed by atoms with Gasteiger partial charge in [-0.1, -0.05) is 11.8 Å². The molecule has 2 aliphatic rings. The molecule has 1 amide bonds. The van der Waals surface area contributed by atoms with Gasteiger partial charge in [0.05, 0.1) is 0 Å². The molecular formula is C14H14F3N3O2S. The number of anilines is 1. The van der Waals surface area contributed by atoms with Gasteiger partial charge in [-0.3, -0.25) is 5.32 Å². The van der Waals surface area contributed by atoms with E-state index >= 15 is 0 Å². The molecule has 0 saturated heterocycles. The van der Waals surface area contributed by atoms with E-state index in [1.54, 1.807) is 0 Å². The van der Waals surface area contributed by atoms with Crippen molar-refractivity contribution in [1.82, 2.24) is 5.32 Å². The van der Waals surface area contributed by atoms with Crippen molar-refractivity contribution in [2.24, 2.45) is 10.9 Å². The van der Waals surface area contributed by atoms with Crippen LogP contribution in [0.2, 0.25) is 0 Å². The smallest absolute Gasteiger partial charge is 0.410 e. The second kappa shape index (κ2) is 5.33. The highest BCUT2D eigenvalue weighted by Gasteiger charge is 2.59. The summed E-state index contributed by atoms with van der Waals surface area (Å²) in [6.07, 6.45) is -2.43. The van der Waals surface area contributed by atoms with Gasteiger partial charge in [0.15, 0.2) is 5.17 Å². The third-order valence-electron chi connectivity index (χ3n) is 4.14. The summed E-state index contributed by atoms with van der Waals surface area (Å²) in [5.41, 5.74) is 4.40. The van der Waals surface area contributed by atoms with Crippen molar-refractivity contribution in [1.29, 1.82) is 0 Å². The van der Waals surface area contributed by atoms with Gasteiger partial charge in [-0.15, -0.1) is 0 Å². The monoisotopic (exact) mass is 345 g/mol. The van der Waals surface area contributed by atoms with Crippen LogP contribution in [0.15, 0.2) is 23.2 Å². The summed E-state index contributed by atoms with van der Waals surface area (Å²) in [6.45, 7) is 0. The molecule has 4 N–H and O–H groups in total. The van der Waals surface area contributed by atoms with Gasteiger partial charge in [0.25, 0.3) is 5.92 Å². The summed E-state index contributed by atoms with van der Waals surface area (Å²) in [5.74, 6) is -4.04. The second-order valence-corrected chi connectivity index (χ2v) is 6.76. The number of nitrogens with two attached hydrogens (primary N) is 1. The van der Waals surface area contributed by atoms with E-state index in [9.17, 15) is 18.0 Å². The third-order valence-corrected chi connectivity index (χ3v) is 5.18. The summed E-state index contributed by atoms with van der Waals surface area (Å²) in [5, 5.41) is 10.9. The molecule has 1 fully saturated rings. The standard InChI is InChI=1S/C14H14F3N3O2S/c15-10-2-1-8(18)3-9(10)14-6-13(16,17)4-7(14)5-23-11(20-14)19-12(21)22/h1-3,7H,4-6,18H2,(H,19,20)(H,21,22)/t7-,14-/m0/s1. The molecule has 0 aromatic heterocycles. The van der Waals surface area contributed by atoms with Gasteiger partial charge in [0, 0.05) is 35.8 Å². The van der Waals surface area contributed by atoms with E-state index in [-0.39, 0.29) is 22.2 Å². The highest BCUT2D eigenvalue weighted by molar-refractivity contribution is 8.13. The maximum absolute atomic E-state index is 14.3. The highest BCUT2D eigenvalue weighted by Crippen LogP contribution is 2.57. The molecule has 9 heteroatoms. The minimum Gasteiger partial charge on any atom is -0.465 e. The molecule has 0 bridgehead atoms. The number of hydrogen-bond donors (Lipinski definition) is 3. The molecule has 1 heterocycles. The lowest BCUT2D eigenvalue weighted by Crippen LogP contribution is -2.40. The molecule has 1 aromatic rings. The number of carbonyl (C=O) groups is 1. The second-order valence-electron chi connectivity index (χ2n) is 5.76. The molecule has 0 unspecified atom stereocenters. The largest absolute Gasteiger partial charge is 0.465 e. The molecule has 1 aromatic carbocycles. The fourth-order valence-corrected chi connectivity index (χ4v) is 4.41. The predicted octanol–water partition coefficient (Wildman–Crippen LogP) is 3.02. The number of alkyl halides is 2. The Balaban J connectivity index is 2.15. The number of nitrogens with one attached hydrogen (secondary N) is 1. The zero-order valence-electron chi connectivity index (χ0n) is 11.9. The molecule has 1 aliphatic heterocycles. The number of rotatable bonds is 1. The molecule has 23 heavy (non-hydrogen) atoms. The maximum atomic E-state index is 14.3. The van der Waals surface area contributed by atoms with Crippen LogP contribution in [0.5, 0.6) is 0 Å². The van der Waals surface area contributed by atoms with Gasteiger partial charge in [-0.2, -0.15) is 0 Å².